The van der Waals surface area contributed by atoms with Gasteiger partial charge in [0.05, 0.1) is 23.4 Å². The van der Waals surface area contributed by atoms with Gasteiger partial charge in [-0.05, 0) is 19.1 Å². The highest BCUT2D eigenvalue weighted by molar-refractivity contribution is 7.14. The molecule has 20 heavy (non-hydrogen) atoms. The fourth-order valence-electron chi connectivity index (χ4n) is 1.58. The zero-order valence-electron chi connectivity index (χ0n) is 10.6. The molecular formula is C13H12N2O4S. The van der Waals surface area contributed by atoms with Gasteiger partial charge in [0.15, 0.2) is 5.69 Å². The minimum absolute atomic E-state index is 0.121. The van der Waals surface area contributed by atoms with Crippen LogP contribution >= 0.6 is 11.3 Å². The number of carboxylic acids is 1. The second kappa shape index (κ2) is 6.16. The molecule has 0 bridgehead atoms. The topological polar surface area (TPSA) is 88.5 Å². The van der Waals surface area contributed by atoms with E-state index in [1.54, 1.807) is 25.1 Å². The van der Waals surface area contributed by atoms with Gasteiger partial charge in [0.25, 0.3) is 0 Å². The van der Waals surface area contributed by atoms with E-state index in [9.17, 15) is 9.59 Å². The number of benzene rings is 1. The van der Waals surface area contributed by atoms with Crippen LogP contribution in [-0.4, -0.2) is 28.6 Å². The van der Waals surface area contributed by atoms with Crippen molar-refractivity contribution in [3.05, 3.63) is 41.0 Å². The number of aromatic nitrogens is 1. The van der Waals surface area contributed by atoms with Crippen molar-refractivity contribution in [1.82, 2.24) is 4.98 Å². The number of hydrogen-bond donors (Lipinski definition) is 2. The van der Waals surface area contributed by atoms with E-state index in [1.165, 1.54) is 22.9 Å². The molecule has 7 heteroatoms. The van der Waals surface area contributed by atoms with Gasteiger partial charge in [-0.15, -0.1) is 11.3 Å². The SMILES string of the molecule is CCOC(=O)c1ncsc1Nc1ccccc1C(=O)O. The molecule has 0 aliphatic rings. The highest BCUT2D eigenvalue weighted by Crippen LogP contribution is 2.27. The molecule has 0 saturated heterocycles. The second-order valence-electron chi connectivity index (χ2n) is 3.73. The van der Waals surface area contributed by atoms with Gasteiger partial charge < -0.3 is 15.2 Å². The number of nitrogens with one attached hydrogen (secondary N) is 1. The molecule has 1 aromatic carbocycles. The maximum absolute atomic E-state index is 11.7. The predicted molar refractivity (Wildman–Crippen MR) is 74.8 cm³/mol. The number of carboxylic acid groups (broad SMARTS) is 1. The first-order valence-electron chi connectivity index (χ1n) is 5.83. The van der Waals surface area contributed by atoms with Gasteiger partial charge in [0, 0.05) is 0 Å². The number of ether oxygens (including phenoxy) is 1. The largest absolute Gasteiger partial charge is 0.478 e. The van der Waals surface area contributed by atoms with Gasteiger partial charge in [0.1, 0.15) is 5.00 Å². The third-order valence-corrected chi connectivity index (χ3v) is 3.18. The van der Waals surface area contributed by atoms with Crippen LogP contribution in [0.5, 0.6) is 0 Å². The van der Waals surface area contributed by atoms with E-state index in [2.05, 4.69) is 10.3 Å². The van der Waals surface area contributed by atoms with Crippen LogP contribution in [0, 0.1) is 0 Å². The molecule has 0 aliphatic carbocycles. The molecule has 0 unspecified atom stereocenters. The van der Waals surface area contributed by atoms with Crippen LogP contribution in [0.2, 0.25) is 0 Å². The van der Waals surface area contributed by atoms with E-state index < -0.39 is 11.9 Å². The van der Waals surface area contributed by atoms with E-state index in [0.29, 0.717) is 10.7 Å². The third kappa shape index (κ3) is 2.94. The van der Waals surface area contributed by atoms with Crippen LogP contribution in [0.3, 0.4) is 0 Å². The van der Waals surface area contributed by atoms with E-state index in [1.807, 2.05) is 0 Å². The molecule has 0 spiro atoms. The Morgan fingerprint density at radius 2 is 2.15 bits per heavy atom. The summed E-state index contributed by atoms with van der Waals surface area (Å²) in [5, 5.41) is 12.5. The Morgan fingerprint density at radius 1 is 1.40 bits per heavy atom. The Labute approximate surface area is 119 Å². The highest BCUT2D eigenvalue weighted by atomic mass is 32.1. The highest BCUT2D eigenvalue weighted by Gasteiger charge is 2.18. The van der Waals surface area contributed by atoms with Crippen LogP contribution in [0.4, 0.5) is 10.7 Å². The molecule has 6 nitrogen and oxygen atoms in total. The lowest BCUT2D eigenvalue weighted by molar-refractivity contribution is 0.0521. The van der Waals surface area contributed by atoms with Crippen LogP contribution < -0.4 is 5.32 Å². The molecule has 0 radical (unpaired) electrons. The number of esters is 1. The molecule has 2 aromatic rings. The van der Waals surface area contributed by atoms with Gasteiger partial charge in [-0.3, -0.25) is 0 Å². The van der Waals surface area contributed by atoms with Crippen molar-refractivity contribution >= 4 is 34.0 Å². The van der Waals surface area contributed by atoms with Crippen molar-refractivity contribution in [2.75, 3.05) is 11.9 Å². The number of anilines is 2. The van der Waals surface area contributed by atoms with Gasteiger partial charge in [-0.2, -0.15) is 0 Å². The average molecular weight is 292 g/mol. The number of carbonyl (C=O) groups excluding carboxylic acids is 1. The number of para-hydroxylation sites is 1. The van der Waals surface area contributed by atoms with E-state index in [-0.39, 0.29) is 17.9 Å². The summed E-state index contributed by atoms with van der Waals surface area (Å²) in [4.78, 5) is 26.8. The molecule has 0 fully saturated rings. The quantitative estimate of drug-likeness (QED) is 0.824. The van der Waals surface area contributed by atoms with Crippen molar-refractivity contribution in [2.45, 2.75) is 6.92 Å². The molecule has 2 N–H and O–H groups in total. The molecule has 0 saturated carbocycles. The first-order valence-corrected chi connectivity index (χ1v) is 6.71. The predicted octanol–water partition coefficient (Wildman–Crippen LogP) is 2.76. The monoisotopic (exact) mass is 292 g/mol. The Bertz CT molecular complexity index is 639. The first kappa shape index (κ1) is 14.0. The molecule has 0 amide bonds. The summed E-state index contributed by atoms with van der Waals surface area (Å²) in [5.74, 6) is -1.58. The molecule has 104 valence electrons. The summed E-state index contributed by atoms with van der Waals surface area (Å²) in [6.45, 7) is 1.96. The zero-order chi connectivity index (χ0) is 14.5. The smallest absolute Gasteiger partial charge is 0.360 e. The maximum Gasteiger partial charge on any atom is 0.360 e. The summed E-state index contributed by atoms with van der Waals surface area (Å²) >= 11 is 1.20. The van der Waals surface area contributed by atoms with E-state index >= 15 is 0 Å². The zero-order valence-corrected chi connectivity index (χ0v) is 11.4. The lowest BCUT2D eigenvalue weighted by Gasteiger charge is -2.08. The Hall–Kier alpha value is -2.41. The molecule has 1 aromatic heterocycles. The van der Waals surface area contributed by atoms with Gasteiger partial charge in [-0.25, -0.2) is 14.6 Å². The number of thiazole rings is 1. The van der Waals surface area contributed by atoms with Crippen LogP contribution in [0.25, 0.3) is 0 Å². The summed E-state index contributed by atoms with van der Waals surface area (Å²) in [6, 6.07) is 6.45. The number of hydrogen-bond acceptors (Lipinski definition) is 6. The Morgan fingerprint density at radius 3 is 2.85 bits per heavy atom. The summed E-state index contributed by atoms with van der Waals surface area (Å²) in [5.41, 5.74) is 2.17. The summed E-state index contributed by atoms with van der Waals surface area (Å²) in [7, 11) is 0. The number of aromatic carboxylic acids is 1. The van der Waals surface area contributed by atoms with Crippen molar-refractivity contribution in [3.63, 3.8) is 0 Å². The van der Waals surface area contributed by atoms with Crippen LogP contribution in [-0.2, 0) is 4.74 Å². The van der Waals surface area contributed by atoms with Crippen molar-refractivity contribution in [1.29, 1.82) is 0 Å². The van der Waals surface area contributed by atoms with Gasteiger partial charge >= 0.3 is 11.9 Å². The van der Waals surface area contributed by atoms with Crippen molar-refractivity contribution in [2.24, 2.45) is 0 Å². The Kier molecular flexibility index (Phi) is 4.31. The standard InChI is InChI=1S/C13H12N2O4S/c1-2-19-13(18)10-11(20-7-14-10)15-9-6-4-3-5-8(9)12(16)17/h3-7,15H,2H2,1H3,(H,16,17). The first-order chi connectivity index (χ1) is 9.63. The minimum Gasteiger partial charge on any atom is -0.478 e. The van der Waals surface area contributed by atoms with Crippen molar-refractivity contribution < 1.29 is 19.4 Å². The number of rotatable bonds is 5. The maximum atomic E-state index is 11.7. The fraction of sp³-hybridized carbons (Fsp3) is 0.154. The van der Waals surface area contributed by atoms with E-state index in [0.717, 1.165) is 0 Å². The van der Waals surface area contributed by atoms with Crippen LogP contribution in [0.1, 0.15) is 27.8 Å². The van der Waals surface area contributed by atoms with Gasteiger partial charge in [0.2, 0.25) is 0 Å². The summed E-state index contributed by atoms with van der Waals surface area (Å²) in [6.07, 6.45) is 0. The Balaban J connectivity index is 2.30. The van der Waals surface area contributed by atoms with Crippen molar-refractivity contribution in [3.8, 4) is 0 Å². The molecular weight excluding hydrogens is 280 g/mol. The van der Waals surface area contributed by atoms with Crippen LogP contribution in [0.15, 0.2) is 29.8 Å². The number of carbonyl (C=O) groups is 2. The second-order valence-corrected chi connectivity index (χ2v) is 4.58. The lowest BCUT2D eigenvalue weighted by atomic mass is 10.2. The minimum atomic E-state index is -1.05. The summed E-state index contributed by atoms with van der Waals surface area (Å²) < 4.78 is 4.89. The number of nitrogens with zero attached hydrogens (tertiary/aromatic N) is 1. The average Bonchev–Trinajstić information content (AvgIpc) is 2.87. The molecule has 0 aliphatic heterocycles. The normalized spacial score (nSPS) is 10.1. The third-order valence-electron chi connectivity index (χ3n) is 2.44. The fourth-order valence-corrected chi connectivity index (χ4v) is 2.26. The molecule has 1 heterocycles. The van der Waals surface area contributed by atoms with Gasteiger partial charge in [-0.1, -0.05) is 12.1 Å². The van der Waals surface area contributed by atoms with E-state index in [4.69, 9.17) is 9.84 Å². The molecule has 2 rings (SSSR count). The molecule has 0 atom stereocenters. The lowest BCUT2D eigenvalue weighted by Crippen LogP contribution is -2.08.